The quantitative estimate of drug-likeness (QED) is 0.198. The van der Waals surface area contributed by atoms with Gasteiger partial charge in [-0.05, 0) is 82.2 Å². The van der Waals surface area contributed by atoms with Gasteiger partial charge >= 0.3 is 5.97 Å². The number of ether oxygens (including phenoxy) is 4. The average molecular weight is 631 g/mol. The molecule has 0 spiro atoms. The van der Waals surface area contributed by atoms with E-state index in [9.17, 15) is 14.0 Å². The SMILES string of the molecule is CCOC(=O)C1=C(C)N=c2sc(=Cc3ccc(OCc4ccc(F)cc4)c(OCC)c3)c(=O)n2C1c1ccccc1OC(C)C. The first-order chi connectivity index (χ1) is 21.7. The van der Waals surface area contributed by atoms with Crippen LogP contribution in [0.1, 0.15) is 57.4 Å². The summed E-state index contributed by atoms with van der Waals surface area (Å²) >= 11 is 1.24. The van der Waals surface area contributed by atoms with Crippen LogP contribution in [0.15, 0.2) is 87.8 Å². The van der Waals surface area contributed by atoms with Crippen LogP contribution in [-0.4, -0.2) is 29.9 Å². The van der Waals surface area contributed by atoms with E-state index >= 15 is 0 Å². The number of carbonyl (C=O) groups excluding carboxylic acids is 1. The molecule has 0 saturated heterocycles. The van der Waals surface area contributed by atoms with Crippen LogP contribution in [0, 0.1) is 5.82 Å². The Kier molecular flexibility index (Phi) is 9.83. The Morgan fingerprint density at radius 2 is 1.76 bits per heavy atom. The van der Waals surface area contributed by atoms with E-state index in [0.29, 0.717) is 44.4 Å². The lowest BCUT2D eigenvalue weighted by molar-refractivity contribution is -0.139. The Morgan fingerprint density at radius 3 is 2.47 bits per heavy atom. The minimum absolute atomic E-state index is 0.125. The second-order valence-electron chi connectivity index (χ2n) is 10.6. The molecule has 0 aliphatic carbocycles. The number of carbonyl (C=O) groups is 1. The van der Waals surface area contributed by atoms with Crippen molar-refractivity contribution in [3.63, 3.8) is 0 Å². The molecule has 1 unspecified atom stereocenters. The van der Waals surface area contributed by atoms with Crippen molar-refractivity contribution in [2.45, 2.75) is 53.4 Å². The van der Waals surface area contributed by atoms with Gasteiger partial charge in [0.2, 0.25) is 0 Å². The molecule has 0 saturated carbocycles. The summed E-state index contributed by atoms with van der Waals surface area (Å²) in [6.45, 7) is 10.0. The number of aromatic nitrogens is 1. The van der Waals surface area contributed by atoms with Crippen LogP contribution in [-0.2, 0) is 16.1 Å². The van der Waals surface area contributed by atoms with Crippen LogP contribution in [0.4, 0.5) is 4.39 Å². The molecule has 4 aromatic rings. The van der Waals surface area contributed by atoms with E-state index in [-0.39, 0.29) is 36.3 Å². The highest BCUT2D eigenvalue weighted by Crippen LogP contribution is 2.36. The van der Waals surface area contributed by atoms with E-state index in [1.54, 1.807) is 48.8 Å². The molecule has 10 heteroatoms. The number of nitrogens with zero attached hydrogens (tertiary/aromatic N) is 2. The monoisotopic (exact) mass is 630 g/mol. The number of thiazole rings is 1. The van der Waals surface area contributed by atoms with Gasteiger partial charge in [0, 0.05) is 5.56 Å². The fourth-order valence-electron chi connectivity index (χ4n) is 5.05. The summed E-state index contributed by atoms with van der Waals surface area (Å²) in [7, 11) is 0. The first kappa shape index (κ1) is 31.7. The van der Waals surface area contributed by atoms with E-state index < -0.39 is 12.0 Å². The van der Waals surface area contributed by atoms with Crippen LogP contribution in [0.3, 0.4) is 0 Å². The molecule has 0 bridgehead atoms. The number of allylic oxidation sites excluding steroid dienone is 1. The molecule has 1 aliphatic rings. The molecule has 5 rings (SSSR count). The number of para-hydroxylation sites is 1. The first-order valence-electron chi connectivity index (χ1n) is 14.8. The maximum Gasteiger partial charge on any atom is 0.338 e. The summed E-state index contributed by atoms with van der Waals surface area (Å²) in [5, 5.41) is 0. The highest BCUT2D eigenvalue weighted by atomic mass is 32.1. The summed E-state index contributed by atoms with van der Waals surface area (Å²) in [4.78, 5) is 32.5. The van der Waals surface area contributed by atoms with Crippen LogP contribution in [0.2, 0.25) is 0 Å². The number of benzene rings is 3. The van der Waals surface area contributed by atoms with Gasteiger partial charge < -0.3 is 18.9 Å². The topological polar surface area (TPSA) is 88.4 Å². The third-order valence-electron chi connectivity index (χ3n) is 6.97. The van der Waals surface area contributed by atoms with Gasteiger partial charge in [-0.1, -0.05) is 47.7 Å². The van der Waals surface area contributed by atoms with Gasteiger partial charge in [-0.25, -0.2) is 14.2 Å². The van der Waals surface area contributed by atoms with E-state index in [4.69, 9.17) is 18.9 Å². The zero-order valence-corrected chi connectivity index (χ0v) is 26.7. The van der Waals surface area contributed by atoms with Gasteiger partial charge in [0.1, 0.15) is 24.2 Å². The smallest absolute Gasteiger partial charge is 0.338 e. The maximum absolute atomic E-state index is 14.1. The van der Waals surface area contributed by atoms with Crippen molar-refractivity contribution in [1.82, 2.24) is 4.57 Å². The number of esters is 1. The number of rotatable bonds is 11. The minimum atomic E-state index is -0.793. The van der Waals surface area contributed by atoms with E-state index in [1.165, 1.54) is 23.5 Å². The molecule has 1 aliphatic heterocycles. The van der Waals surface area contributed by atoms with E-state index in [0.717, 1.165) is 11.1 Å². The molecule has 45 heavy (non-hydrogen) atoms. The zero-order chi connectivity index (χ0) is 32.1. The fraction of sp³-hybridized carbons (Fsp3) is 0.286. The Balaban J connectivity index is 1.58. The number of hydrogen-bond donors (Lipinski definition) is 0. The molecule has 2 heterocycles. The van der Waals surface area contributed by atoms with Crippen molar-refractivity contribution in [3.8, 4) is 17.2 Å². The lowest BCUT2D eigenvalue weighted by Crippen LogP contribution is -2.40. The highest BCUT2D eigenvalue weighted by molar-refractivity contribution is 7.07. The molecule has 0 amide bonds. The first-order valence-corrected chi connectivity index (χ1v) is 15.6. The molecule has 0 N–H and O–H groups in total. The van der Waals surface area contributed by atoms with Crippen molar-refractivity contribution in [1.29, 1.82) is 0 Å². The summed E-state index contributed by atoms with van der Waals surface area (Å²) in [5.41, 5.74) is 2.67. The fourth-order valence-corrected chi connectivity index (χ4v) is 6.10. The number of fused-ring (bicyclic) bond motifs is 1. The van der Waals surface area contributed by atoms with Gasteiger partial charge in [-0.3, -0.25) is 9.36 Å². The Morgan fingerprint density at radius 1 is 1.00 bits per heavy atom. The number of halogens is 1. The van der Waals surface area contributed by atoms with Crippen LogP contribution >= 0.6 is 11.3 Å². The highest BCUT2D eigenvalue weighted by Gasteiger charge is 2.35. The molecule has 234 valence electrons. The average Bonchev–Trinajstić information content (AvgIpc) is 3.31. The summed E-state index contributed by atoms with van der Waals surface area (Å²) < 4.78 is 38.6. The molecule has 1 aromatic heterocycles. The number of hydrogen-bond acceptors (Lipinski definition) is 8. The van der Waals surface area contributed by atoms with Gasteiger partial charge in [-0.15, -0.1) is 0 Å². The molecule has 1 atom stereocenters. The second-order valence-corrected chi connectivity index (χ2v) is 11.6. The molecular weight excluding hydrogens is 595 g/mol. The van der Waals surface area contributed by atoms with Gasteiger partial charge in [0.05, 0.1) is 35.1 Å². The Bertz CT molecular complexity index is 1910. The maximum atomic E-state index is 14.1. The van der Waals surface area contributed by atoms with Crippen molar-refractivity contribution in [2.24, 2.45) is 4.99 Å². The molecule has 0 fully saturated rings. The predicted octanol–water partition coefficient (Wildman–Crippen LogP) is 5.70. The summed E-state index contributed by atoms with van der Waals surface area (Å²) in [6.07, 6.45) is 1.65. The van der Waals surface area contributed by atoms with Crippen LogP contribution in [0.25, 0.3) is 6.08 Å². The lowest BCUT2D eigenvalue weighted by atomic mass is 9.95. The van der Waals surface area contributed by atoms with Gasteiger partial charge in [0.25, 0.3) is 5.56 Å². The third-order valence-corrected chi connectivity index (χ3v) is 7.95. The van der Waals surface area contributed by atoms with E-state index in [2.05, 4.69) is 4.99 Å². The summed E-state index contributed by atoms with van der Waals surface area (Å²) in [6, 6.07) is 18.1. The predicted molar refractivity (Wildman–Crippen MR) is 171 cm³/mol. The van der Waals surface area contributed by atoms with Crippen molar-refractivity contribution >= 4 is 23.4 Å². The van der Waals surface area contributed by atoms with Crippen molar-refractivity contribution in [2.75, 3.05) is 13.2 Å². The van der Waals surface area contributed by atoms with Crippen molar-refractivity contribution in [3.05, 3.63) is 120 Å². The lowest BCUT2D eigenvalue weighted by Gasteiger charge is -2.26. The van der Waals surface area contributed by atoms with Crippen LogP contribution < -0.4 is 29.1 Å². The van der Waals surface area contributed by atoms with Crippen molar-refractivity contribution < 1.29 is 28.1 Å². The van der Waals surface area contributed by atoms with Gasteiger partial charge in [-0.2, -0.15) is 0 Å². The Hall–Kier alpha value is -4.70. The molecule has 8 nitrogen and oxygen atoms in total. The normalized spacial score (nSPS) is 14.6. The van der Waals surface area contributed by atoms with Gasteiger partial charge in [0.15, 0.2) is 16.3 Å². The molecule has 0 radical (unpaired) electrons. The third kappa shape index (κ3) is 7.01. The molecular formula is C35H35FN2O6S. The molecule has 3 aromatic carbocycles. The van der Waals surface area contributed by atoms with E-state index in [1.807, 2.05) is 51.1 Å². The van der Waals surface area contributed by atoms with Crippen LogP contribution in [0.5, 0.6) is 17.2 Å². The Labute approximate surface area is 264 Å². The largest absolute Gasteiger partial charge is 0.491 e. The second kappa shape index (κ2) is 13.9. The standard InChI is InChI=1S/C35H35FN2O6S/c1-6-41-29-18-24(14-17-28(29)43-20-23-12-15-25(36)16-13-23)19-30-33(39)38-32(26-10-8-9-11-27(26)44-21(3)4)31(34(40)42-7-2)22(5)37-35(38)45-30/h8-19,21,32H,6-7,20H2,1-5H3. The zero-order valence-electron chi connectivity index (χ0n) is 25.8. The minimum Gasteiger partial charge on any atom is -0.491 e. The summed E-state index contributed by atoms with van der Waals surface area (Å²) in [5.74, 6) is 0.765.